The first-order chi connectivity index (χ1) is 12.0. The number of carbonyl (C=O) groups excluding carboxylic acids is 2. The smallest absolute Gasteiger partial charge is 0.254 e. The van der Waals surface area contributed by atoms with E-state index in [1.807, 2.05) is 0 Å². The molecule has 1 aromatic heterocycles. The molecular weight excluding hydrogens is 340 g/mol. The van der Waals surface area contributed by atoms with Crippen LogP contribution in [0.25, 0.3) is 0 Å². The Bertz CT molecular complexity index is 842. The third-order valence-corrected chi connectivity index (χ3v) is 4.12. The van der Waals surface area contributed by atoms with Crippen LogP contribution in [0.2, 0.25) is 0 Å². The number of aromatic nitrogens is 1. The highest BCUT2D eigenvalue weighted by molar-refractivity contribution is 7.71. The molecule has 0 unspecified atom stereocenters. The summed E-state index contributed by atoms with van der Waals surface area (Å²) in [7, 11) is 0. The quantitative estimate of drug-likeness (QED) is 0.727. The van der Waals surface area contributed by atoms with E-state index in [0.717, 1.165) is 0 Å². The molecule has 1 fully saturated rings. The van der Waals surface area contributed by atoms with Gasteiger partial charge in [-0.05, 0) is 36.4 Å². The first-order valence-electron chi connectivity index (χ1n) is 7.82. The SMILES string of the molecule is NC(=O)c1ccc(=S)[nH]c1Nc1ccc(C(=O)N2CCOCC2)cc1. The van der Waals surface area contributed by atoms with Crippen LogP contribution in [0.15, 0.2) is 36.4 Å². The Hall–Kier alpha value is -2.71. The van der Waals surface area contributed by atoms with E-state index in [1.165, 1.54) is 0 Å². The van der Waals surface area contributed by atoms with Crippen LogP contribution >= 0.6 is 12.2 Å². The number of ether oxygens (including phenoxy) is 1. The Morgan fingerprint density at radius 3 is 2.44 bits per heavy atom. The number of hydrogen-bond acceptors (Lipinski definition) is 5. The van der Waals surface area contributed by atoms with E-state index < -0.39 is 5.91 Å². The van der Waals surface area contributed by atoms with Crippen molar-refractivity contribution in [2.24, 2.45) is 5.73 Å². The summed E-state index contributed by atoms with van der Waals surface area (Å²) < 4.78 is 5.74. The molecule has 1 aromatic carbocycles. The molecule has 0 aliphatic carbocycles. The monoisotopic (exact) mass is 358 g/mol. The number of benzene rings is 1. The van der Waals surface area contributed by atoms with E-state index in [1.54, 1.807) is 41.3 Å². The number of carbonyl (C=O) groups is 2. The number of pyridine rings is 1. The fourth-order valence-electron chi connectivity index (χ4n) is 2.57. The Morgan fingerprint density at radius 1 is 1.12 bits per heavy atom. The molecular formula is C17H18N4O3S. The van der Waals surface area contributed by atoms with Crippen LogP contribution in [0.3, 0.4) is 0 Å². The van der Waals surface area contributed by atoms with Crippen LogP contribution in [-0.2, 0) is 4.74 Å². The highest BCUT2D eigenvalue weighted by Gasteiger charge is 2.18. The van der Waals surface area contributed by atoms with Crippen LogP contribution in [0.4, 0.5) is 11.5 Å². The molecule has 0 atom stereocenters. The summed E-state index contributed by atoms with van der Waals surface area (Å²) in [5.74, 6) is -0.160. The zero-order chi connectivity index (χ0) is 17.8. The summed E-state index contributed by atoms with van der Waals surface area (Å²) in [6, 6.07) is 10.2. The third kappa shape index (κ3) is 4.04. The van der Waals surface area contributed by atoms with E-state index in [2.05, 4.69) is 10.3 Å². The van der Waals surface area contributed by atoms with Crippen LogP contribution in [0, 0.1) is 4.64 Å². The third-order valence-electron chi connectivity index (χ3n) is 3.88. The van der Waals surface area contributed by atoms with Crippen molar-refractivity contribution in [3.8, 4) is 0 Å². The van der Waals surface area contributed by atoms with Crippen molar-refractivity contribution >= 4 is 35.5 Å². The van der Waals surface area contributed by atoms with Gasteiger partial charge in [0, 0.05) is 24.3 Å². The van der Waals surface area contributed by atoms with E-state index in [9.17, 15) is 9.59 Å². The van der Waals surface area contributed by atoms with E-state index in [0.29, 0.717) is 53.6 Å². The molecule has 130 valence electrons. The molecule has 1 saturated heterocycles. The number of primary amides is 1. The van der Waals surface area contributed by atoms with Crippen molar-refractivity contribution in [2.75, 3.05) is 31.6 Å². The molecule has 0 radical (unpaired) electrons. The van der Waals surface area contributed by atoms with Crippen molar-refractivity contribution in [3.05, 3.63) is 52.2 Å². The van der Waals surface area contributed by atoms with Crippen molar-refractivity contribution in [3.63, 3.8) is 0 Å². The molecule has 1 aliphatic rings. The normalized spacial score (nSPS) is 14.2. The van der Waals surface area contributed by atoms with Crippen molar-refractivity contribution in [1.82, 2.24) is 9.88 Å². The number of nitrogens with two attached hydrogens (primary N) is 1. The minimum Gasteiger partial charge on any atom is -0.378 e. The van der Waals surface area contributed by atoms with Crippen molar-refractivity contribution in [1.29, 1.82) is 0 Å². The van der Waals surface area contributed by atoms with Gasteiger partial charge in [0.15, 0.2) is 0 Å². The second-order valence-electron chi connectivity index (χ2n) is 5.58. The van der Waals surface area contributed by atoms with Gasteiger partial charge in [-0.2, -0.15) is 0 Å². The highest BCUT2D eigenvalue weighted by Crippen LogP contribution is 2.20. The first kappa shape index (κ1) is 17.1. The van der Waals surface area contributed by atoms with Gasteiger partial charge in [-0.1, -0.05) is 12.2 Å². The number of anilines is 2. The lowest BCUT2D eigenvalue weighted by molar-refractivity contribution is 0.0303. The van der Waals surface area contributed by atoms with Gasteiger partial charge in [0.25, 0.3) is 11.8 Å². The van der Waals surface area contributed by atoms with Gasteiger partial charge in [-0.15, -0.1) is 0 Å². The van der Waals surface area contributed by atoms with E-state index in [-0.39, 0.29) is 5.91 Å². The second kappa shape index (κ2) is 7.45. The van der Waals surface area contributed by atoms with Crippen LogP contribution < -0.4 is 11.1 Å². The zero-order valence-electron chi connectivity index (χ0n) is 13.5. The number of morpholine rings is 1. The van der Waals surface area contributed by atoms with Gasteiger partial charge in [0.2, 0.25) is 0 Å². The number of nitrogens with zero attached hydrogens (tertiary/aromatic N) is 1. The lowest BCUT2D eigenvalue weighted by Crippen LogP contribution is -2.40. The predicted octanol–water partition coefficient (Wildman–Crippen LogP) is 2.06. The molecule has 7 nitrogen and oxygen atoms in total. The Labute approximate surface area is 149 Å². The summed E-state index contributed by atoms with van der Waals surface area (Å²) >= 11 is 5.08. The standard InChI is InChI=1S/C17H18N4O3S/c18-15(22)13-5-6-14(25)20-16(13)19-12-3-1-11(2-4-12)17(23)21-7-9-24-10-8-21/h1-6H,7-10H2,(H2,18,22)(H2,19,20,25). The van der Waals surface area contributed by atoms with Crippen LogP contribution in [0.1, 0.15) is 20.7 Å². The average Bonchev–Trinajstić information content (AvgIpc) is 2.62. The highest BCUT2D eigenvalue weighted by atomic mass is 32.1. The largest absolute Gasteiger partial charge is 0.378 e. The molecule has 25 heavy (non-hydrogen) atoms. The second-order valence-corrected chi connectivity index (χ2v) is 6.02. The number of hydrogen-bond donors (Lipinski definition) is 3. The minimum atomic E-state index is -0.562. The summed E-state index contributed by atoms with van der Waals surface area (Å²) in [5, 5.41) is 3.07. The molecule has 2 heterocycles. The average molecular weight is 358 g/mol. The van der Waals surface area contributed by atoms with Crippen molar-refractivity contribution in [2.45, 2.75) is 0 Å². The first-order valence-corrected chi connectivity index (χ1v) is 8.22. The number of amides is 2. The molecule has 0 spiro atoms. The van der Waals surface area contributed by atoms with Gasteiger partial charge in [-0.25, -0.2) is 0 Å². The van der Waals surface area contributed by atoms with Crippen LogP contribution in [0.5, 0.6) is 0 Å². The number of aromatic amines is 1. The van der Waals surface area contributed by atoms with Crippen molar-refractivity contribution < 1.29 is 14.3 Å². The molecule has 0 saturated carbocycles. The molecule has 4 N–H and O–H groups in total. The minimum absolute atomic E-state index is 0.0215. The molecule has 2 amide bonds. The number of nitrogens with one attached hydrogen (secondary N) is 2. The maximum atomic E-state index is 12.4. The lowest BCUT2D eigenvalue weighted by Gasteiger charge is -2.26. The molecule has 1 aliphatic heterocycles. The number of rotatable bonds is 4. The topological polar surface area (TPSA) is 100 Å². The van der Waals surface area contributed by atoms with Gasteiger partial charge >= 0.3 is 0 Å². The van der Waals surface area contributed by atoms with E-state index in [4.69, 9.17) is 22.7 Å². The van der Waals surface area contributed by atoms with Gasteiger partial charge < -0.3 is 25.7 Å². The maximum absolute atomic E-state index is 12.4. The summed E-state index contributed by atoms with van der Waals surface area (Å²) in [6.07, 6.45) is 0. The summed E-state index contributed by atoms with van der Waals surface area (Å²) in [6.45, 7) is 2.33. The molecule has 8 heteroatoms. The summed E-state index contributed by atoms with van der Waals surface area (Å²) in [4.78, 5) is 28.6. The fraction of sp³-hybridized carbons (Fsp3) is 0.235. The predicted molar refractivity (Wildman–Crippen MR) is 96.6 cm³/mol. The van der Waals surface area contributed by atoms with Gasteiger partial charge in [-0.3, -0.25) is 9.59 Å². The number of H-pyrrole nitrogens is 1. The molecule has 2 aromatic rings. The Morgan fingerprint density at radius 2 is 1.80 bits per heavy atom. The van der Waals surface area contributed by atoms with Gasteiger partial charge in [0.1, 0.15) is 10.5 Å². The summed E-state index contributed by atoms with van der Waals surface area (Å²) in [5.41, 5.74) is 6.99. The van der Waals surface area contributed by atoms with Gasteiger partial charge in [0.05, 0.1) is 18.8 Å². The van der Waals surface area contributed by atoms with E-state index >= 15 is 0 Å². The Kier molecular flexibility index (Phi) is 5.11. The Balaban J connectivity index is 1.77. The fourth-order valence-corrected chi connectivity index (χ4v) is 2.74. The zero-order valence-corrected chi connectivity index (χ0v) is 14.3. The molecule has 0 bridgehead atoms. The molecule has 3 rings (SSSR count). The maximum Gasteiger partial charge on any atom is 0.254 e. The van der Waals surface area contributed by atoms with Crippen LogP contribution in [-0.4, -0.2) is 48.0 Å². The lowest BCUT2D eigenvalue weighted by atomic mass is 10.1.